The molecule has 0 aliphatic rings. The summed E-state index contributed by atoms with van der Waals surface area (Å²) in [5.74, 6) is -0.206. The first-order chi connectivity index (χ1) is 23.5. The summed E-state index contributed by atoms with van der Waals surface area (Å²) in [5.41, 5.74) is 0. The predicted octanol–water partition coefficient (Wildman–Crippen LogP) is 10.1. The number of quaternary nitrogens is 1. The van der Waals surface area contributed by atoms with Crippen LogP contribution in [-0.2, 0) is 18.4 Å². The van der Waals surface area contributed by atoms with Crippen LogP contribution in [0.4, 0.5) is 0 Å². The summed E-state index contributed by atoms with van der Waals surface area (Å²) in [5, 5.41) is 13.7. The van der Waals surface area contributed by atoms with E-state index in [-0.39, 0.29) is 19.1 Å². The second kappa shape index (κ2) is 32.4. The standard InChI is InChI=1S/C40H75N2O6P/c1-6-8-10-12-14-16-18-20-22-23-25-27-29-31-33-39(43)38(37-48-49(45,46)47-36-35-42(3,4)5)41-40(44)34-32-30-28-26-24-21-19-17-15-13-11-9-7-2/h11,13,17,19,23,25,31,33,38-39,43H,6-10,12,14-16,18,20-22,24,26-30,32,34-37H2,1-5H3,(H-,41,44,45,46)/p+1/b13-11-,19-17-,25-23+,33-31+. The van der Waals surface area contributed by atoms with Crippen molar-refractivity contribution in [2.75, 3.05) is 40.9 Å². The Bertz CT molecular complexity index is 944. The number of aliphatic hydroxyl groups excluding tert-OH is 1. The molecule has 0 heterocycles. The minimum atomic E-state index is -4.34. The molecule has 0 aromatic heterocycles. The number of carbonyl (C=O) groups is 1. The maximum atomic E-state index is 12.8. The minimum absolute atomic E-state index is 0.0516. The Kier molecular flexibility index (Phi) is 31.4. The molecule has 3 atom stereocenters. The first kappa shape index (κ1) is 47.5. The molecule has 3 unspecified atom stereocenters. The van der Waals surface area contributed by atoms with Gasteiger partial charge in [0, 0.05) is 6.42 Å². The van der Waals surface area contributed by atoms with Crippen LogP contribution in [0.25, 0.3) is 0 Å². The molecule has 49 heavy (non-hydrogen) atoms. The highest BCUT2D eigenvalue weighted by Gasteiger charge is 2.27. The Morgan fingerprint density at radius 3 is 1.84 bits per heavy atom. The number of phosphoric acid groups is 1. The average Bonchev–Trinajstić information content (AvgIpc) is 3.04. The van der Waals surface area contributed by atoms with Gasteiger partial charge in [0.2, 0.25) is 5.91 Å². The Hall–Kier alpha value is -1.54. The van der Waals surface area contributed by atoms with Gasteiger partial charge in [0.25, 0.3) is 0 Å². The Balaban J connectivity index is 4.62. The number of rotatable bonds is 34. The van der Waals surface area contributed by atoms with Crippen molar-refractivity contribution in [2.24, 2.45) is 0 Å². The Morgan fingerprint density at radius 2 is 1.22 bits per heavy atom. The van der Waals surface area contributed by atoms with E-state index in [1.54, 1.807) is 6.08 Å². The maximum absolute atomic E-state index is 12.8. The van der Waals surface area contributed by atoms with Gasteiger partial charge < -0.3 is 19.8 Å². The highest BCUT2D eigenvalue weighted by molar-refractivity contribution is 7.47. The van der Waals surface area contributed by atoms with E-state index in [1.165, 1.54) is 57.8 Å². The number of nitrogens with one attached hydrogen (secondary N) is 1. The molecule has 9 heteroatoms. The van der Waals surface area contributed by atoms with Crippen LogP contribution < -0.4 is 5.32 Å². The van der Waals surface area contributed by atoms with Gasteiger partial charge in [0.05, 0.1) is 39.9 Å². The van der Waals surface area contributed by atoms with E-state index in [4.69, 9.17) is 9.05 Å². The molecule has 0 aromatic rings. The molecule has 0 aliphatic heterocycles. The molecule has 0 bridgehead atoms. The molecule has 0 radical (unpaired) electrons. The molecule has 0 aliphatic carbocycles. The molecule has 3 N–H and O–H groups in total. The SMILES string of the molecule is CCC/C=C\C/C=C\CCCCCCCC(=O)NC(COP(=O)(O)OCC[N+](C)(C)C)C(O)/C=C/CC/C=C/CCCCCCCCCC. The van der Waals surface area contributed by atoms with Gasteiger partial charge in [-0.2, -0.15) is 0 Å². The van der Waals surface area contributed by atoms with Crippen molar-refractivity contribution in [3.63, 3.8) is 0 Å². The summed E-state index contributed by atoms with van der Waals surface area (Å²) >= 11 is 0. The molecule has 1 amide bonds. The largest absolute Gasteiger partial charge is 0.472 e. The lowest BCUT2D eigenvalue weighted by Crippen LogP contribution is -2.45. The summed E-state index contributed by atoms with van der Waals surface area (Å²) in [7, 11) is 1.53. The van der Waals surface area contributed by atoms with E-state index in [0.717, 1.165) is 70.6 Å². The van der Waals surface area contributed by atoms with E-state index < -0.39 is 20.0 Å². The van der Waals surface area contributed by atoms with Crippen LogP contribution in [0.5, 0.6) is 0 Å². The summed E-state index contributed by atoms with van der Waals surface area (Å²) in [4.78, 5) is 23.0. The summed E-state index contributed by atoms with van der Waals surface area (Å²) in [6.07, 6.45) is 38.9. The van der Waals surface area contributed by atoms with Gasteiger partial charge in [-0.25, -0.2) is 4.57 Å². The third kappa shape index (κ3) is 34.7. The number of hydrogen-bond acceptors (Lipinski definition) is 5. The van der Waals surface area contributed by atoms with Crippen LogP contribution in [0.3, 0.4) is 0 Å². The fourth-order valence-electron chi connectivity index (χ4n) is 5.09. The van der Waals surface area contributed by atoms with Crippen LogP contribution in [0.15, 0.2) is 48.6 Å². The number of amides is 1. The summed E-state index contributed by atoms with van der Waals surface area (Å²) in [6.45, 7) is 4.68. The van der Waals surface area contributed by atoms with Gasteiger partial charge in [0.1, 0.15) is 13.2 Å². The lowest BCUT2D eigenvalue weighted by molar-refractivity contribution is -0.870. The lowest BCUT2D eigenvalue weighted by atomic mass is 10.1. The van der Waals surface area contributed by atoms with Crippen LogP contribution >= 0.6 is 7.82 Å². The van der Waals surface area contributed by atoms with E-state index >= 15 is 0 Å². The van der Waals surface area contributed by atoms with Gasteiger partial charge in [-0.05, 0) is 57.8 Å². The van der Waals surface area contributed by atoms with Gasteiger partial charge in [0.15, 0.2) is 0 Å². The Morgan fingerprint density at radius 1 is 0.694 bits per heavy atom. The molecule has 286 valence electrons. The number of hydrogen-bond donors (Lipinski definition) is 3. The van der Waals surface area contributed by atoms with Crippen LogP contribution in [-0.4, -0.2) is 73.4 Å². The summed E-state index contributed by atoms with van der Waals surface area (Å²) < 4.78 is 23.4. The van der Waals surface area contributed by atoms with Crippen molar-refractivity contribution in [3.05, 3.63) is 48.6 Å². The first-order valence-electron chi connectivity index (χ1n) is 19.5. The number of allylic oxidation sites excluding steroid dienone is 7. The smallest absolute Gasteiger partial charge is 0.387 e. The van der Waals surface area contributed by atoms with Gasteiger partial charge in [-0.3, -0.25) is 13.8 Å². The fourth-order valence-corrected chi connectivity index (χ4v) is 5.83. The number of likely N-dealkylation sites (N-methyl/N-ethyl adjacent to an activating group) is 1. The van der Waals surface area contributed by atoms with E-state index in [2.05, 4.69) is 55.6 Å². The van der Waals surface area contributed by atoms with Crippen molar-refractivity contribution in [2.45, 2.75) is 161 Å². The molecule has 8 nitrogen and oxygen atoms in total. The topological polar surface area (TPSA) is 105 Å². The van der Waals surface area contributed by atoms with Crippen LogP contribution in [0.1, 0.15) is 149 Å². The molecule has 0 spiro atoms. The van der Waals surface area contributed by atoms with Crippen molar-refractivity contribution in [1.29, 1.82) is 0 Å². The highest BCUT2D eigenvalue weighted by Crippen LogP contribution is 2.43. The zero-order valence-electron chi connectivity index (χ0n) is 32.2. The second-order valence-electron chi connectivity index (χ2n) is 14.3. The zero-order chi connectivity index (χ0) is 36.5. The molecular weight excluding hydrogens is 635 g/mol. The van der Waals surface area contributed by atoms with Gasteiger partial charge in [-0.1, -0.05) is 133 Å². The minimum Gasteiger partial charge on any atom is -0.387 e. The predicted molar refractivity (Wildman–Crippen MR) is 207 cm³/mol. The third-order valence-electron chi connectivity index (χ3n) is 8.25. The number of carbonyl (C=O) groups excluding carboxylic acids is 1. The number of phosphoric ester groups is 1. The van der Waals surface area contributed by atoms with Gasteiger partial charge in [-0.15, -0.1) is 0 Å². The third-order valence-corrected chi connectivity index (χ3v) is 9.24. The summed E-state index contributed by atoms with van der Waals surface area (Å²) in [6, 6.07) is -0.868. The fraction of sp³-hybridized carbons (Fsp3) is 0.775. The van der Waals surface area contributed by atoms with Gasteiger partial charge >= 0.3 is 7.82 Å². The maximum Gasteiger partial charge on any atom is 0.472 e. The lowest BCUT2D eigenvalue weighted by Gasteiger charge is -2.25. The quantitative estimate of drug-likeness (QED) is 0.0266. The molecule has 0 aromatic carbocycles. The Labute approximate surface area is 301 Å². The molecule has 0 rings (SSSR count). The zero-order valence-corrected chi connectivity index (χ0v) is 33.1. The van der Waals surface area contributed by atoms with E-state index in [1.807, 2.05) is 27.2 Å². The molecule has 0 fully saturated rings. The number of aliphatic hydroxyl groups is 1. The van der Waals surface area contributed by atoms with Crippen molar-refractivity contribution in [1.82, 2.24) is 5.32 Å². The average molecular weight is 712 g/mol. The molecule has 0 saturated heterocycles. The first-order valence-corrected chi connectivity index (χ1v) is 21.0. The molecule has 0 saturated carbocycles. The van der Waals surface area contributed by atoms with E-state index in [0.29, 0.717) is 17.4 Å². The van der Waals surface area contributed by atoms with E-state index in [9.17, 15) is 19.4 Å². The normalized spacial score (nSPS) is 15.2. The van der Waals surface area contributed by atoms with Crippen molar-refractivity contribution >= 4 is 13.7 Å². The number of nitrogens with zero attached hydrogens (tertiary/aromatic N) is 1. The van der Waals surface area contributed by atoms with Crippen molar-refractivity contribution < 1.29 is 32.9 Å². The molecular formula is C40H76N2O6P+. The number of unbranched alkanes of at least 4 members (excludes halogenated alkanes) is 15. The van der Waals surface area contributed by atoms with Crippen LogP contribution in [0.2, 0.25) is 0 Å². The monoisotopic (exact) mass is 712 g/mol. The highest BCUT2D eigenvalue weighted by atomic mass is 31.2. The van der Waals surface area contributed by atoms with Crippen LogP contribution in [0, 0.1) is 0 Å². The second-order valence-corrected chi connectivity index (χ2v) is 15.7. The van der Waals surface area contributed by atoms with Crippen molar-refractivity contribution in [3.8, 4) is 0 Å².